The highest BCUT2D eigenvalue weighted by Gasteiger charge is 2.36. The highest BCUT2D eigenvalue weighted by molar-refractivity contribution is 5.82. The van der Waals surface area contributed by atoms with Crippen LogP contribution < -0.4 is 5.32 Å². The second-order valence-electron chi connectivity index (χ2n) is 5.98. The zero-order valence-electron chi connectivity index (χ0n) is 11.4. The van der Waals surface area contributed by atoms with Crippen LogP contribution in [0.1, 0.15) is 46.0 Å². The normalized spacial score (nSPS) is 39.5. The highest BCUT2D eigenvalue weighted by atomic mass is 16.2. The minimum Gasteiger partial charge on any atom is -0.338 e. The van der Waals surface area contributed by atoms with E-state index in [2.05, 4.69) is 24.1 Å². The van der Waals surface area contributed by atoms with Crippen LogP contribution in [0.4, 0.5) is 0 Å². The molecule has 0 radical (unpaired) electrons. The summed E-state index contributed by atoms with van der Waals surface area (Å²) in [7, 11) is 1.90. The zero-order valence-corrected chi connectivity index (χ0v) is 11.4. The van der Waals surface area contributed by atoms with E-state index in [9.17, 15) is 4.79 Å². The lowest BCUT2D eigenvalue weighted by Crippen LogP contribution is -2.55. The molecule has 3 nitrogen and oxygen atoms in total. The van der Waals surface area contributed by atoms with E-state index >= 15 is 0 Å². The van der Waals surface area contributed by atoms with E-state index in [-0.39, 0.29) is 6.04 Å². The molecule has 4 atom stereocenters. The number of likely N-dealkylation sites (N-methyl/N-ethyl adjacent to an activating group) is 1. The minimum atomic E-state index is 0.0651. The topological polar surface area (TPSA) is 32.3 Å². The second-order valence-corrected chi connectivity index (χ2v) is 5.98. The Morgan fingerprint density at radius 1 is 1.24 bits per heavy atom. The van der Waals surface area contributed by atoms with Gasteiger partial charge in [-0.05, 0) is 51.0 Å². The molecule has 1 amide bonds. The molecular weight excluding hydrogens is 212 g/mol. The van der Waals surface area contributed by atoms with Crippen molar-refractivity contribution in [1.29, 1.82) is 0 Å². The number of likely N-dealkylation sites (tertiary alicyclic amines) is 1. The third-order valence-corrected chi connectivity index (χ3v) is 4.61. The monoisotopic (exact) mass is 238 g/mol. The first kappa shape index (κ1) is 12.9. The van der Waals surface area contributed by atoms with Crippen molar-refractivity contribution >= 4 is 5.91 Å². The van der Waals surface area contributed by atoms with Gasteiger partial charge >= 0.3 is 0 Å². The summed E-state index contributed by atoms with van der Waals surface area (Å²) in [6, 6.07) is 0.560. The number of rotatable bonds is 2. The van der Waals surface area contributed by atoms with Gasteiger partial charge in [0.2, 0.25) is 5.91 Å². The summed E-state index contributed by atoms with van der Waals surface area (Å²) >= 11 is 0. The first-order valence-electron chi connectivity index (χ1n) is 7.11. The lowest BCUT2D eigenvalue weighted by atomic mass is 9.78. The highest BCUT2D eigenvalue weighted by Crippen LogP contribution is 2.33. The standard InChI is InChI=1S/C14H26N2O/c1-10-6-7-13(11(2)9-10)16-8-4-5-12(15-3)14(16)17/h10-13,15H,4-9H2,1-3H3. The summed E-state index contributed by atoms with van der Waals surface area (Å²) in [5.41, 5.74) is 0. The summed E-state index contributed by atoms with van der Waals surface area (Å²) in [6.45, 7) is 5.62. The predicted molar refractivity (Wildman–Crippen MR) is 69.8 cm³/mol. The molecule has 4 unspecified atom stereocenters. The van der Waals surface area contributed by atoms with Crippen LogP contribution in [0.15, 0.2) is 0 Å². The molecule has 0 aromatic heterocycles. The van der Waals surface area contributed by atoms with Gasteiger partial charge < -0.3 is 10.2 Å². The van der Waals surface area contributed by atoms with Crippen LogP contribution in [0.5, 0.6) is 0 Å². The Morgan fingerprint density at radius 2 is 2.00 bits per heavy atom. The molecule has 2 rings (SSSR count). The molecule has 1 heterocycles. The number of amides is 1. The smallest absolute Gasteiger partial charge is 0.239 e. The molecule has 1 aliphatic carbocycles. The Labute approximate surface area is 105 Å². The van der Waals surface area contributed by atoms with Crippen molar-refractivity contribution in [2.24, 2.45) is 11.8 Å². The Morgan fingerprint density at radius 3 is 2.65 bits per heavy atom. The van der Waals surface area contributed by atoms with Crippen LogP contribution >= 0.6 is 0 Å². The lowest BCUT2D eigenvalue weighted by molar-refractivity contribution is -0.140. The average molecular weight is 238 g/mol. The Balaban J connectivity index is 2.03. The van der Waals surface area contributed by atoms with E-state index in [4.69, 9.17) is 0 Å². The molecule has 2 fully saturated rings. The maximum atomic E-state index is 12.3. The van der Waals surface area contributed by atoms with E-state index in [1.807, 2.05) is 7.05 Å². The van der Waals surface area contributed by atoms with Gasteiger partial charge in [-0.2, -0.15) is 0 Å². The number of nitrogens with zero attached hydrogens (tertiary/aromatic N) is 1. The largest absolute Gasteiger partial charge is 0.338 e. The van der Waals surface area contributed by atoms with Crippen molar-refractivity contribution in [3.63, 3.8) is 0 Å². The van der Waals surface area contributed by atoms with E-state index in [1.54, 1.807) is 0 Å². The maximum Gasteiger partial charge on any atom is 0.239 e. The molecule has 1 N–H and O–H groups in total. The fraction of sp³-hybridized carbons (Fsp3) is 0.929. The molecule has 1 saturated carbocycles. The predicted octanol–water partition coefficient (Wildman–Crippen LogP) is 2.02. The number of nitrogens with one attached hydrogen (secondary N) is 1. The second kappa shape index (κ2) is 5.38. The van der Waals surface area contributed by atoms with Crippen LogP contribution in [-0.2, 0) is 4.79 Å². The minimum absolute atomic E-state index is 0.0651. The van der Waals surface area contributed by atoms with Crippen LogP contribution in [0.3, 0.4) is 0 Å². The average Bonchev–Trinajstić information content (AvgIpc) is 2.30. The fourth-order valence-corrected chi connectivity index (χ4v) is 3.61. The molecule has 1 aliphatic heterocycles. The first-order valence-corrected chi connectivity index (χ1v) is 7.11. The summed E-state index contributed by atoms with van der Waals surface area (Å²) in [6.07, 6.45) is 5.91. The van der Waals surface area contributed by atoms with Gasteiger partial charge in [0, 0.05) is 12.6 Å². The van der Waals surface area contributed by atoms with E-state index in [0.29, 0.717) is 17.9 Å². The summed E-state index contributed by atoms with van der Waals surface area (Å²) in [5, 5.41) is 3.16. The van der Waals surface area contributed by atoms with Crippen molar-refractivity contribution in [1.82, 2.24) is 10.2 Å². The third-order valence-electron chi connectivity index (χ3n) is 4.61. The van der Waals surface area contributed by atoms with E-state index in [0.717, 1.165) is 25.3 Å². The van der Waals surface area contributed by atoms with Crippen LogP contribution in [0, 0.1) is 11.8 Å². The Bertz CT molecular complexity index is 279. The molecule has 3 heteroatoms. The lowest BCUT2D eigenvalue weighted by Gasteiger charge is -2.44. The van der Waals surface area contributed by atoms with Gasteiger partial charge in [0.05, 0.1) is 6.04 Å². The maximum absolute atomic E-state index is 12.3. The van der Waals surface area contributed by atoms with Crippen LogP contribution in [-0.4, -0.2) is 36.5 Å². The molecule has 2 aliphatic rings. The molecule has 0 spiro atoms. The molecule has 0 aromatic rings. The van der Waals surface area contributed by atoms with Crippen molar-refractivity contribution in [3.05, 3.63) is 0 Å². The van der Waals surface area contributed by atoms with Crippen molar-refractivity contribution in [3.8, 4) is 0 Å². The van der Waals surface area contributed by atoms with E-state index < -0.39 is 0 Å². The van der Waals surface area contributed by atoms with Gasteiger partial charge in [0.25, 0.3) is 0 Å². The molecular formula is C14H26N2O. The van der Waals surface area contributed by atoms with Crippen LogP contribution in [0.2, 0.25) is 0 Å². The van der Waals surface area contributed by atoms with Gasteiger partial charge in [-0.25, -0.2) is 0 Å². The van der Waals surface area contributed by atoms with E-state index in [1.165, 1.54) is 19.3 Å². The third kappa shape index (κ3) is 2.65. The molecule has 0 bridgehead atoms. The van der Waals surface area contributed by atoms with Gasteiger partial charge in [-0.3, -0.25) is 4.79 Å². The number of piperidine rings is 1. The van der Waals surface area contributed by atoms with Gasteiger partial charge in [-0.15, -0.1) is 0 Å². The summed E-state index contributed by atoms with van der Waals surface area (Å²) < 4.78 is 0. The van der Waals surface area contributed by atoms with Crippen molar-refractivity contribution < 1.29 is 4.79 Å². The van der Waals surface area contributed by atoms with Gasteiger partial charge in [0.1, 0.15) is 0 Å². The van der Waals surface area contributed by atoms with Crippen molar-refractivity contribution in [2.45, 2.75) is 58.0 Å². The number of carbonyl (C=O) groups excluding carboxylic acids is 1. The SMILES string of the molecule is CNC1CCCN(C2CCC(C)CC2C)C1=O. The molecule has 0 aromatic carbocycles. The Hall–Kier alpha value is -0.570. The fourth-order valence-electron chi connectivity index (χ4n) is 3.61. The number of carbonyl (C=O) groups is 1. The Kier molecular flexibility index (Phi) is 4.08. The van der Waals surface area contributed by atoms with Gasteiger partial charge in [0.15, 0.2) is 0 Å². The molecule has 17 heavy (non-hydrogen) atoms. The quantitative estimate of drug-likeness (QED) is 0.798. The number of hydrogen-bond donors (Lipinski definition) is 1. The van der Waals surface area contributed by atoms with Crippen molar-refractivity contribution in [2.75, 3.05) is 13.6 Å². The number of hydrogen-bond acceptors (Lipinski definition) is 2. The van der Waals surface area contributed by atoms with Crippen LogP contribution in [0.25, 0.3) is 0 Å². The first-order chi connectivity index (χ1) is 8.13. The molecule has 98 valence electrons. The summed E-state index contributed by atoms with van der Waals surface area (Å²) in [4.78, 5) is 14.5. The zero-order chi connectivity index (χ0) is 12.4. The summed E-state index contributed by atoms with van der Waals surface area (Å²) in [5.74, 6) is 1.84. The molecule has 1 saturated heterocycles. The van der Waals surface area contributed by atoms with Gasteiger partial charge in [-0.1, -0.05) is 13.8 Å².